The Labute approximate surface area is 133 Å². The third kappa shape index (κ3) is 4.81. The van der Waals surface area contributed by atoms with Gasteiger partial charge >= 0.3 is 0 Å². The van der Waals surface area contributed by atoms with Crippen molar-refractivity contribution in [1.82, 2.24) is 15.1 Å². The van der Waals surface area contributed by atoms with Crippen molar-refractivity contribution in [1.29, 1.82) is 0 Å². The summed E-state index contributed by atoms with van der Waals surface area (Å²) >= 11 is 5.18. The molecule has 0 unspecified atom stereocenters. The molecule has 0 aliphatic carbocycles. The molecule has 22 heavy (non-hydrogen) atoms. The van der Waals surface area contributed by atoms with Crippen LogP contribution in [0, 0.1) is 17.0 Å². The summed E-state index contributed by atoms with van der Waals surface area (Å²) in [6, 6.07) is 8.08. The standard InChI is InChI=1S/C14H17N5O2S/c1-11-7-10-18(17-11)9-2-8-15-14(22)16-12-3-5-13(6-4-12)19(20)21/h3-7,10H,2,8-9H2,1H3,(H2,15,16,22). The number of hydrogen-bond acceptors (Lipinski definition) is 4. The molecule has 1 aromatic heterocycles. The van der Waals surface area contributed by atoms with Crippen molar-refractivity contribution in [3.8, 4) is 0 Å². The van der Waals surface area contributed by atoms with E-state index in [0.717, 1.165) is 25.2 Å². The number of anilines is 1. The van der Waals surface area contributed by atoms with E-state index in [9.17, 15) is 10.1 Å². The smallest absolute Gasteiger partial charge is 0.269 e. The first-order chi connectivity index (χ1) is 10.5. The maximum atomic E-state index is 10.6. The zero-order chi connectivity index (χ0) is 15.9. The van der Waals surface area contributed by atoms with Gasteiger partial charge in [0.25, 0.3) is 5.69 Å². The first kappa shape index (κ1) is 15.9. The predicted octanol–water partition coefficient (Wildman–Crippen LogP) is 2.48. The highest BCUT2D eigenvalue weighted by atomic mass is 32.1. The van der Waals surface area contributed by atoms with Gasteiger partial charge in [0, 0.05) is 37.1 Å². The average molecular weight is 319 g/mol. The van der Waals surface area contributed by atoms with Gasteiger partial charge in [0.1, 0.15) is 0 Å². The summed E-state index contributed by atoms with van der Waals surface area (Å²) < 4.78 is 1.89. The Hall–Kier alpha value is -2.48. The molecule has 2 N–H and O–H groups in total. The van der Waals surface area contributed by atoms with Crippen molar-refractivity contribution in [2.45, 2.75) is 19.9 Å². The Morgan fingerprint density at radius 1 is 1.36 bits per heavy atom. The molecule has 0 saturated carbocycles. The highest BCUT2D eigenvalue weighted by Gasteiger charge is 2.04. The van der Waals surface area contributed by atoms with Crippen LogP contribution in [0.15, 0.2) is 36.5 Å². The maximum Gasteiger partial charge on any atom is 0.269 e. The summed E-state index contributed by atoms with van der Waals surface area (Å²) in [7, 11) is 0. The van der Waals surface area contributed by atoms with E-state index in [4.69, 9.17) is 12.2 Å². The van der Waals surface area contributed by atoms with Gasteiger partial charge in [0.05, 0.1) is 10.6 Å². The number of rotatable bonds is 6. The molecule has 8 heteroatoms. The third-order valence-corrected chi connectivity index (χ3v) is 3.21. The Morgan fingerprint density at radius 2 is 2.09 bits per heavy atom. The molecule has 0 bridgehead atoms. The van der Waals surface area contributed by atoms with Crippen molar-refractivity contribution >= 4 is 28.7 Å². The van der Waals surface area contributed by atoms with Gasteiger partial charge in [-0.05, 0) is 43.8 Å². The second kappa shape index (κ2) is 7.51. The number of hydrogen-bond donors (Lipinski definition) is 2. The van der Waals surface area contributed by atoms with Crippen LogP contribution in [-0.4, -0.2) is 26.4 Å². The van der Waals surface area contributed by atoms with Gasteiger partial charge in [0.15, 0.2) is 5.11 Å². The average Bonchev–Trinajstić information content (AvgIpc) is 2.90. The van der Waals surface area contributed by atoms with Crippen LogP contribution in [0.5, 0.6) is 0 Å². The Bertz CT molecular complexity index is 654. The summed E-state index contributed by atoms with van der Waals surface area (Å²) in [6.07, 6.45) is 2.84. The summed E-state index contributed by atoms with van der Waals surface area (Å²) in [5.41, 5.74) is 1.77. The van der Waals surface area contributed by atoms with E-state index >= 15 is 0 Å². The fraction of sp³-hybridized carbons (Fsp3) is 0.286. The molecule has 0 radical (unpaired) electrons. The van der Waals surface area contributed by atoms with Gasteiger partial charge in [0.2, 0.25) is 0 Å². The normalized spacial score (nSPS) is 10.2. The first-order valence-electron chi connectivity index (χ1n) is 6.84. The lowest BCUT2D eigenvalue weighted by atomic mass is 10.3. The van der Waals surface area contributed by atoms with Crippen LogP contribution in [0.25, 0.3) is 0 Å². The summed E-state index contributed by atoms with van der Waals surface area (Å²) in [4.78, 5) is 10.1. The van der Waals surface area contributed by atoms with Crippen LogP contribution in [0.3, 0.4) is 0 Å². The molecule has 2 rings (SSSR count). The van der Waals surface area contributed by atoms with E-state index in [1.54, 1.807) is 12.1 Å². The quantitative estimate of drug-likeness (QED) is 0.368. The number of aryl methyl sites for hydroxylation is 2. The molecular weight excluding hydrogens is 302 g/mol. The Morgan fingerprint density at radius 3 is 2.68 bits per heavy atom. The monoisotopic (exact) mass is 319 g/mol. The molecule has 0 amide bonds. The molecule has 0 aliphatic heterocycles. The van der Waals surface area contributed by atoms with Crippen LogP contribution in [0.4, 0.5) is 11.4 Å². The molecule has 116 valence electrons. The maximum absolute atomic E-state index is 10.6. The number of aromatic nitrogens is 2. The number of nitro groups is 1. The molecule has 0 aliphatic rings. The molecule has 7 nitrogen and oxygen atoms in total. The fourth-order valence-electron chi connectivity index (χ4n) is 1.87. The highest BCUT2D eigenvalue weighted by molar-refractivity contribution is 7.80. The van der Waals surface area contributed by atoms with Crippen molar-refractivity contribution in [2.75, 3.05) is 11.9 Å². The van der Waals surface area contributed by atoms with Crippen LogP contribution in [-0.2, 0) is 6.54 Å². The molecule has 1 heterocycles. The lowest BCUT2D eigenvalue weighted by Gasteiger charge is -2.10. The van der Waals surface area contributed by atoms with Crippen molar-refractivity contribution < 1.29 is 4.92 Å². The Kier molecular flexibility index (Phi) is 5.42. The zero-order valence-electron chi connectivity index (χ0n) is 12.2. The number of nitrogens with zero attached hydrogens (tertiary/aromatic N) is 3. The third-order valence-electron chi connectivity index (χ3n) is 2.96. The molecule has 0 spiro atoms. The molecule has 0 fully saturated rings. The van der Waals surface area contributed by atoms with Gasteiger partial charge in [-0.15, -0.1) is 0 Å². The minimum Gasteiger partial charge on any atom is -0.362 e. The van der Waals surface area contributed by atoms with E-state index in [2.05, 4.69) is 15.7 Å². The number of thiocarbonyl (C=S) groups is 1. The fourth-order valence-corrected chi connectivity index (χ4v) is 2.09. The molecule has 0 saturated heterocycles. The minimum absolute atomic E-state index is 0.0546. The van der Waals surface area contributed by atoms with E-state index in [0.29, 0.717) is 10.8 Å². The van der Waals surface area contributed by atoms with Gasteiger partial charge in [-0.25, -0.2) is 0 Å². The van der Waals surface area contributed by atoms with Crippen LogP contribution < -0.4 is 10.6 Å². The van der Waals surface area contributed by atoms with Crippen LogP contribution in [0.2, 0.25) is 0 Å². The molecule has 0 atom stereocenters. The van der Waals surface area contributed by atoms with Crippen LogP contribution in [0.1, 0.15) is 12.1 Å². The Balaban J connectivity index is 1.70. The van der Waals surface area contributed by atoms with E-state index < -0.39 is 4.92 Å². The largest absolute Gasteiger partial charge is 0.362 e. The zero-order valence-corrected chi connectivity index (χ0v) is 13.0. The van der Waals surface area contributed by atoms with Crippen molar-refractivity contribution in [3.05, 3.63) is 52.3 Å². The van der Waals surface area contributed by atoms with Gasteiger partial charge in [-0.1, -0.05) is 0 Å². The van der Waals surface area contributed by atoms with Crippen molar-refractivity contribution in [2.24, 2.45) is 0 Å². The first-order valence-corrected chi connectivity index (χ1v) is 7.25. The molecule has 2 aromatic rings. The van der Waals surface area contributed by atoms with E-state index in [1.165, 1.54) is 12.1 Å². The second-order valence-corrected chi connectivity index (χ2v) is 5.17. The lowest BCUT2D eigenvalue weighted by Crippen LogP contribution is -2.29. The van der Waals surface area contributed by atoms with E-state index in [-0.39, 0.29) is 5.69 Å². The summed E-state index contributed by atoms with van der Waals surface area (Å²) in [5.74, 6) is 0. The van der Waals surface area contributed by atoms with Crippen LogP contribution >= 0.6 is 12.2 Å². The number of non-ortho nitro benzene ring substituents is 1. The summed E-state index contributed by atoms with van der Waals surface area (Å²) in [5, 5.41) is 21.4. The number of benzene rings is 1. The molecular formula is C14H17N5O2S. The minimum atomic E-state index is -0.433. The second-order valence-electron chi connectivity index (χ2n) is 4.76. The van der Waals surface area contributed by atoms with Gasteiger partial charge in [-0.3, -0.25) is 14.8 Å². The molecule has 1 aromatic carbocycles. The lowest BCUT2D eigenvalue weighted by molar-refractivity contribution is -0.384. The number of nitro benzene ring substituents is 1. The van der Waals surface area contributed by atoms with Gasteiger partial charge < -0.3 is 10.6 Å². The van der Waals surface area contributed by atoms with E-state index in [1.807, 2.05) is 23.9 Å². The van der Waals surface area contributed by atoms with Gasteiger partial charge in [-0.2, -0.15) is 5.10 Å². The van der Waals surface area contributed by atoms with Crippen molar-refractivity contribution in [3.63, 3.8) is 0 Å². The topological polar surface area (TPSA) is 85.0 Å². The highest BCUT2D eigenvalue weighted by Crippen LogP contribution is 2.15. The SMILES string of the molecule is Cc1ccn(CCCNC(=S)Nc2ccc([N+](=O)[O-])cc2)n1. The number of nitrogens with one attached hydrogen (secondary N) is 2. The predicted molar refractivity (Wildman–Crippen MR) is 88.9 cm³/mol. The summed E-state index contributed by atoms with van der Waals surface area (Å²) in [6.45, 7) is 3.50.